The van der Waals surface area contributed by atoms with E-state index in [4.69, 9.17) is 17.4 Å². The molecule has 0 heterocycles. The highest BCUT2D eigenvalue weighted by Crippen LogP contribution is 2.17. The van der Waals surface area contributed by atoms with Gasteiger partial charge < -0.3 is 0 Å². The van der Waals surface area contributed by atoms with Gasteiger partial charge in [-0.1, -0.05) is 29.8 Å². The van der Waals surface area contributed by atoms with E-state index in [0.29, 0.717) is 0 Å². The number of rotatable bonds is 5. The standard InChI is InChI=1S/C12H17ClN2/c1-3-4-11(15-14)8-10-5-6-12(13)9(2)7-10/h3,5-7,11,15H,1,4,8,14H2,2H3. The van der Waals surface area contributed by atoms with Gasteiger partial charge in [-0.3, -0.25) is 11.3 Å². The fraction of sp³-hybridized carbons (Fsp3) is 0.333. The van der Waals surface area contributed by atoms with Gasteiger partial charge in [0.05, 0.1) is 0 Å². The quantitative estimate of drug-likeness (QED) is 0.459. The lowest BCUT2D eigenvalue weighted by Crippen LogP contribution is -2.36. The van der Waals surface area contributed by atoms with Crippen molar-refractivity contribution >= 4 is 11.6 Å². The zero-order valence-electron chi connectivity index (χ0n) is 8.96. The second-order valence-corrected chi connectivity index (χ2v) is 4.08. The molecule has 0 saturated heterocycles. The normalized spacial score (nSPS) is 12.5. The van der Waals surface area contributed by atoms with Gasteiger partial charge in [-0.2, -0.15) is 0 Å². The number of aryl methyl sites for hydroxylation is 1. The second kappa shape index (κ2) is 5.91. The summed E-state index contributed by atoms with van der Waals surface area (Å²) in [5, 5.41) is 0.805. The number of nitrogens with one attached hydrogen (secondary N) is 1. The first-order chi connectivity index (χ1) is 7.17. The van der Waals surface area contributed by atoms with Crippen molar-refractivity contribution in [1.82, 2.24) is 5.43 Å². The van der Waals surface area contributed by atoms with Gasteiger partial charge in [0.1, 0.15) is 0 Å². The predicted octanol–water partition coefficient (Wildman–Crippen LogP) is 2.60. The Morgan fingerprint density at radius 1 is 1.60 bits per heavy atom. The molecule has 1 aromatic rings. The van der Waals surface area contributed by atoms with Gasteiger partial charge in [-0.05, 0) is 37.0 Å². The molecule has 0 radical (unpaired) electrons. The summed E-state index contributed by atoms with van der Waals surface area (Å²) in [5.74, 6) is 5.45. The Balaban J connectivity index is 2.70. The highest BCUT2D eigenvalue weighted by molar-refractivity contribution is 6.31. The van der Waals surface area contributed by atoms with Gasteiger partial charge >= 0.3 is 0 Å². The molecule has 0 saturated carbocycles. The van der Waals surface area contributed by atoms with Gasteiger partial charge in [0.25, 0.3) is 0 Å². The molecule has 0 aliphatic rings. The fourth-order valence-corrected chi connectivity index (χ4v) is 1.65. The molecule has 2 nitrogen and oxygen atoms in total. The third-order valence-corrected chi connectivity index (χ3v) is 2.82. The number of hydrazine groups is 1. The van der Waals surface area contributed by atoms with E-state index in [-0.39, 0.29) is 6.04 Å². The van der Waals surface area contributed by atoms with E-state index in [1.807, 2.05) is 25.1 Å². The summed E-state index contributed by atoms with van der Waals surface area (Å²) in [6.07, 6.45) is 3.62. The average Bonchev–Trinajstić information content (AvgIpc) is 2.23. The molecule has 0 bridgehead atoms. The van der Waals surface area contributed by atoms with E-state index >= 15 is 0 Å². The van der Waals surface area contributed by atoms with Crippen LogP contribution in [0, 0.1) is 6.92 Å². The Morgan fingerprint density at radius 2 is 2.33 bits per heavy atom. The number of hydrogen-bond donors (Lipinski definition) is 2. The predicted molar refractivity (Wildman–Crippen MR) is 65.8 cm³/mol. The highest BCUT2D eigenvalue weighted by atomic mass is 35.5. The first-order valence-electron chi connectivity index (χ1n) is 4.99. The summed E-state index contributed by atoms with van der Waals surface area (Å²) < 4.78 is 0. The molecule has 1 aromatic carbocycles. The maximum Gasteiger partial charge on any atom is 0.0435 e. The summed E-state index contributed by atoms with van der Waals surface area (Å²) in [4.78, 5) is 0. The van der Waals surface area contributed by atoms with Gasteiger partial charge in [-0.25, -0.2) is 0 Å². The van der Waals surface area contributed by atoms with Crippen LogP contribution in [0.3, 0.4) is 0 Å². The lowest BCUT2D eigenvalue weighted by Gasteiger charge is -2.14. The Kier molecular flexibility index (Phi) is 4.82. The van der Waals surface area contributed by atoms with Crippen LogP contribution >= 0.6 is 11.6 Å². The van der Waals surface area contributed by atoms with Gasteiger partial charge in [0, 0.05) is 11.1 Å². The van der Waals surface area contributed by atoms with Crippen molar-refractivity contribution in [3.05, 3.63) is 47.0 Å². The molecular formula is C12H17ClN2. The molecule has 15 heavy (non-hydrogen) atoms. The van der Waals surface area contributed by atoms with E-state index in [1.54, 1.807) is 0 Å². The van der Waals surface area contributed by atoms with E-state index < -0.39 is 0 Å². The third-order valence-electron chi connectivity index (χ3n) is 2.39. The van der Waals surface area contributed by atoms with Crippen molar-refractivity contribution in [3.63, 3.8) is 0 Å². The molecule has 1 rings (SSSR count). The summed E-state index contributed by atoms with van der Waals surface area (Å²) in [7, 11) is 0. The van der Waals surface area contributed by atoms with Crippen LogP contribution in [0.15, 0.2) is 30.9 Å². The molecule has 0 spiro atoms. The maximum atomic E-state index is 5.96. The minimum atomic E-state index is 0.239. The van der Waals surface area contributed by atoms with E-state index in [0.717, 1.165) is 23.4 Å². The van der Waals surface area contributed by atoms with Crippen LogP contribution in [0.2, 0.25) is 5.02 Å². The Labute approximate surface area is 96.1 Å². The van der Waals surface area contributed by atoms with Crippen LogP contribution in [0.25, 0.3) is 0 Å². The van der Waals surface area contributed by atoms with Crippen LogP contribution in [-0.2, 0) is 6.42 Å². The molecule has 0 amide bonds. The highest BCUT2D eigenvalue weighted by Gasteiger charge is 2.06. The Bertz CT molecular complexity index is 336. The van der Waals surface area contributed by atoms with Crippen molar-refractivity contribution in [2.75, 3.05) is 0 Å². The average molecular weight is 225 g/mol. The Hall–Kier alpha value is -0.830. The molecule has 1 unspecified atom stereocenters. The minimum Gasteiger partial charge on any atom is -0.271 e. The van der Waals surface area contributed by atoms with Crippen molar-refractivity contribution in [2.24, 2.45) is 5.84 Å². The smallest absolute Gasteiger partial charge is 0.0435 e. The second-order valence-electron chi connectivity index (χ2n) is 3.68. The first kappa shape index (κ1) is 12.2. The van der Waals surface area contributed by atoms with Crippen molar-refractivity contribution < 1.29 is 0 Å². The summed E-state index contributed by atoms with van der Waals surface area (Å²) in [5.41, 5.74) is 5.12. The summed E-state index contributed by atoms with van der Waals surface area (Å²) in [6, 6.07) is 6.29. The largest absolute Gasteiger partial charge is 0.271 e. The molecule has 0 fully saturated rings. The van der Waals surface area contributed by atoms with Gasteiger partial charge in [0.15, 0.2) is 0 Å². The SMILES string of the molecule is C=CCC(Cc1ccc(Cl)c(C)c1)NN. The molecular weight excluding hydrogens is 208 g/mol. The lowest BCUT2D eigenvalue weighted by atomic mass is 10.0. The summed E-state index contributed by atoms with van der Waals surface area (Å²) in [6.45, 7) is 5.71. The van der Waals surface area contributed by atoms with E-state index in [1.165, 1.54) is 5.56 Å². The number of nitrogens with two attached hydrogens (primary N) is 1. The van der Waals surface area contributed by atoms with E-state index in [2.05, 4.69) is 18.1 Å². The van der Waals surface area contributed by atoms with Crippen LogP contribution in [0.1, 0.15) is 17.5 Å². The molecule has 82 valence electrons. The van der Waals surface area contributed by atoms with Crippen LogP contribution in [0.5, 0.6) is 0 Å². The first-order valence-corrected chi connectivity index (χ1v) is 5.37. The molecule has 0 aliphatic heterocycles. The van der Waals surface area contributed by atoms with Crippen molar-refractivity contribution in [1.29, 1.82) is 0 Å². The minimum absolute atomic E-state index is 0.239. The third kappa shape index (κ3) is 3.67. The molecule has 3 N–H and O–H groups in total. The number of halogens is 1. The van der Waals surface area contributed by atoms with Crippen LogP contribution in [-0.4, -0.2) is 6.04 Å². The summed E-state index contributed by atoms with van der Waals surface area (Å²) >= 11 is 5.96. The van der Waals surface area contributed by atoms with Gasteiger partial charge in [0.2, 0.25) is 0 Å². The van der Waals surface area contributed by atoms with Gasteiger partial charge in [-0.15, -0.1) is 6.58 Å². The van der Waals surface area contributed by atoms with Crippen molar-refractivity contribution in [2.45, 2.75) is 25.8 Å². The fourth-order valence-electron chi connectivity index (χ4n) is 1.53. The zero-order valence-corrected chi connectivity index (χ0v) is 9.72. The number of hydrogen-bond acceptors (Lipinski definition) is 2. The number of benzene rings is 1. The van der Waals surface area contributed by atoms with Crippen LogP contribution in [0.4, 0.5) is 0 Å². The molecule has 3 heteroatoms. The topological polar surface area (TPSA) is 38.0 Å². The zero-order chi connectivity index (χ0) is 11.3. The van der Waals surface area contributed by atoms with E-state index in [9.17, 15) is 0 Å². The Morgan fingerprint density at radius 3 is 2.87 bits per heavy atom. The monoisotopic (exact) mass is 224 g/mol. The van der Waals surface area contributed by atoms with Crippen molar-refractivity contribution in [3.8, 4) is 0 Å². The molecule has 1 atom stereocenters. The molecule has 0 aromatic heterocycles. The van der Waals surface area contributed by atoms with Crippen LogP contribution < -0.4 is 11.3 Å². The lowest BCUT2D eigenvalue weighted by molar-refractivity contribution is 0.531. The maximum absolute atomic E-state index is 5.96. The molecule has 0 aliphatic carbocycles.